The predicted octanol–water partition coefficient (Wildman–Crippen LogP) is 0.763. The number of sulfonamides is 1. The summed E-state index contributed by atoms with van der Waals surface area (Å²) >= 11 is 0.485. The van der Waals surface area contributed by atoms with Gasteiger partial charge in [0.25, 0.3) is 10.0 Å². The molecule has 1 N–H and O–H groups in total. The van der Waals surface area contributed by atoms with Crippen molar-refractivity contribution in [3.8, 4) is 0 Å². The molecular weight excluding hydrogens is 1240 g/mol. The minimum atomic E-state index is -4.48. The molecule has 88 heavy (non-hydrogen) atoms. The van der Waals surface area contributed by atoms with Gasteiger partial charge in [0.05, 0.1) is 0 Å². The topological polar surface area (TPSA) is 425 Å². The minimum Gasteiger partial charge on any atom is -0.452 e. The van der Waals surface area contributed by atoms with Crippen molar-refractivity contribution < 1.29 is 141 Å². The van der Waals surface area contributed by atoms with Crippen LogP contribution in [0.4, 0.5) is 0 Å². The van der Waals surface area contributed by atoms with E-state index in [0.29, 0.717) is 30.7 Å². The van der Waals surface area contributed by atoms with E-state index in [4.69, 9.17) is 61.6 Å². The summed E-state index contributed by atoms with van der Waals surface area (Å²) in [6.45, 7) is 17.0. The molecule has 496 valence electrons. The molecule has 0 radical (unpaired) electrons. The Bertz CT molecular complexity index is 2940. The summed E-state index contributed by atoms with van der Waals surface area (Å²) in [7, 11) is -7.12. The van der Waals surface area contributed by atoms with Crippen LogP contribution in [0.15, 0.2) is 14.5 Å². The largest absolute Gasteiger partial charge is 0.452 e. The van der Waals surface area contributed by atoms with Gasteiger partial charge in [-0.1, -0.05) is 13.8 Å². The van der Waals surface area contributed by atoms with Gasteiger partial charge in [0, 0.05) is 44.8 Å². The van der Waals surface area contributed by atoms with Crippen LogP contribution in [0.3, 0.4) is 0 Å². The molecule has 1 aliphatic heterocycles. The maximum atomic E-state index is 13.5. The lowest BCUT2D eigenvalue weighted by Gasteiger charge is -2.32. The number of ether oxygens (including phenoxy) is 13. The molecule has 0 aromatic carbocycles. The first-order valence-electron chi connectivity index (χ1n) is 27.4. The number of thiophene rings is 1. The predicted molar refractivity (Wildman–Crippen MR) is 295 cm³/mol. The van der Waals surface area contributed by atoms with Crippen LogP contribution < -0.4 is 5.32 Å². The van der Waals surface area contributed by atoms with E-state index in [0.717, 1.165) is 76.2 Å². The van der Waals surface area contributed by atoms with Crippen LogP contribution in [0, 0.1) is 0 Å². The summed E-state index contributed by atoms with van der Waals surface area (Å²) in [5.41, 5.74) is 0.225. The van der Waals surface area contributed by atoms with Crippen LogP contribution in [0.1, 0.15) is 128 Å². The second kappa shape index (κ2) is 35.1. The first kappa shape index (κ1) is 76.9. The quantitative estimate of drug-likeness (QED) is 0.0557. The number of rotatable bonds is 35. The van der Waals surface area contributed by atoms with Crippen molar-refractivity contribution in [1.29, 1.82) is 0 Å². The molecule has 0 amide bonds. The summed E-state index contributed by atoms with van der Waals surface area (Å²) in [4.78, 5) is 164. The van der Waals surface area contributed by atoms with E-state index in [9.17, 15) is 79.2 Å². The molecule has 1 aromatic rings. The Kier molecular flexibility index (Phi) is 30.7. The van der Waals surface area contributed by atoms with E-state index in [1.54, 1.807) is 13.8 Å². The Labute approximate surface area is 511 Å². The number of ketones is 1. The Morgan fingerprint density at radius 1 is 0.511 bits per heavy atom. The summed E-state index contributed by atoms with van der Waals surface area (Å²) in [5.74, 6) is -17.1. The van der Waals surface area contributed by atoms with Gasteiger partial charge in [0.15, 0.2) is 88.9 Å². The van der Waals surface area contributed by atoms with E-state index >= 15 is 0 Å². The van der Waals surface area contributed by atoms with Crippen LogP contribution in [0.5, 0.6) is 0 Å². The van der Waals surface area contributed by atoms with E-state index < -0.39 is 187 Å². The molecule has 1 aromatic heterocycles. The first-order chi connectivity index (χ1) is 40.8. The van der Waals surface area contributed by atoms with Crippen molar-refractivity contribution in [3.05, 3.63) is 11.6 Å². The number of esters is 12. The Hall–Kier alpha value is -7.21. The third kappa shape index (κ3) is 23.4. The fourth-order valence-electron chi connectivity index (χ4n) is 6.90. The molecule has 0 saturated heterocycles. The second-order valence-corrected chi connectivity index (χ2v) is 25.0. The van der Waals surface area contributed by atoms with Crippen LogP contribution in [-0.4, -0.2) is 211 Å². The summed E-state index contributed by atoms with van der Waals surface area (Å²) in [6.07, 6.45) is -19.4. The molecule has 2 rings (SSSR count). The maximum Gasteiger partial charge on any atom is 0.347 e. The number of methoxy groups -OCH3 is 1. The zero-order valence-corrected chi connectivity index (χ0v) is 53.6. The number of hydrogen-bond donors (Lipinski definition) is 1. The van der Waals surface area contributed by atoms with Crippen LogP contribution in [0.2, 0.25) is 0 Å². The van der Waals surface area contributed by atoms with Gasteiger partial charge >= 0.3 is 71.6 Å². The minimum absolute atomic E-state index is 0.0270. The third-order valence-electron chi connectivity index (χ3n) is 12.0. The Morgan fingerprint density at radius 2 is 0.807 bits per heavy atom. The molecule has 0 saturated carbocycles. The van der Waals surface area contributed by atoms with Gasteiger partial charge in [-0.2, -0.15) is 4.31 Å². The molecule has 0 spiro atoms. The van der Waals surface area contributed by atoms with Gasteiger partial charge < -0.3 is 66.9 Å². The number of carbonyl (C=O) groups is 13. The number of likely N-dealkylation sites (N-methyl/N-ethyl adjacent to an activating group) is 1. The molecule has 0 aliphatic carbocycles. The molecule has 0 fully saturated rings. The van der Waals surface area contributed by atoms with Gasteiger partial charge in [0.2, 0.25) is 0 Å². The Balaban J connectivity index is 1.83. The molecule has 35 heteroatoms. The smallest absolute Gasteiger partial charge is 0.347 e. The molecule has 32 nitrogen and oxygen atoms in total. The monoisotopic (exact) mass is 1320 g/mol. The highest BCUT2D eigenvalue weighted by atomic mass is 32.3. The maximum absolute atomic E-state index is 13.5. The van der Waals surface area contributed by atoms with E-state index in [-0.39, 0.29) is 35.9 Å². The molecule has 1 aliphatic rings. The van der Waals surface area contributed by atoms with E-state index in [1.165, 1.54) is 24.4 Å². The fraction of sp³-hybridized carbons (Fsp3) is 0.679. The van der Waals surface area contributed by atoms with Crippen molar-refractivity contribution in [2.45, 2.75) is 204 Å². The standard InChI is InChI=1S/C53H76N2O30S3/c1-16-19-40(57)74-26(4)42(58)76-28(6)44(60)78-30(8)46(62)80-32(10)48(64)82-34(12)50(66)84-36(14)52(68)85-35(13)51(67)83-33(11)49(65)81-31(9)47(63)79-29(7)45(61)77-27(5)43(59)75-25(3)39(56)24-87(69,70)41-22-37-38(54-17-2)23-55(20-18-21-73-15)88(71,72)53(37)86-41/h22,25-36,38,54H,16-21,23-24H2,1-15H3/t25-,26-,27-,28-,29-,30-,31-,32-,33-,34-,35-,36-,38-/m0/s1. The molecule has 2 heterocycles. The lowest BCUT2D eigenvalue weighted by molar-refractivity contribution is -0.190. The van der Waals surface area contributed by atoms with Gasteiger partial charge in [-0.05, 0) is 109 Å². The zero-order chi connectivity index (χ0) is 67.3. The number of sulfone groups is 1. The number of nitrogens with zero attached hydrogens (tertiary/aromatic N) is 1. The normalized spacial score (nSPS) is 17.8. The summed E-state index contributed by atoms with van der Waals surface area (Å²) < 4.78 is 119. The number of fused-ring (bicyclic) bond motifs is 1. The second-order valence-electron chi connectivity index (χ2n) is 19.6. The lowest BCUT2D eigenvalue weighted by Crippen LogP contribution is -2.43. The van der Waals surface area contributed by atoms with Crippen LogP contribution in [-0.2, 0) is 144 Å². The Morgan fingerprint density at radius 3 is 1.09 bits per heavy atom. The van der Waals surface area contributed by atoms with Crippen molar-refractivity contribution in [2.75, 3.05) is 39.1 Å². The molecule has 13 atom stereocenters. The lowest BCUT2D eigenvalue weighted by atomic mass is 10.1. The number of carbonyl (C=O) groups excluding carboxylic acids is 13. The average molecular weight is 1320 g/mol. The van der Waals surface area contributed by atoms with Gasteiger partial charge in [-0.15, -0.1) is 11.3 Å². The van der Waals surface area contributed by atoms with Crippen LogP contribution in [0.25, 0.3) is 0 Å². The highest BCUT2D eigenvalue weighted by Crippen LogP contribution is 2.40. The third-order valence-corrected chi connectivity index (χ3v) is 17.7. The molecule has 0 unspecified atom stereocenters. The summed E-state index contributed by atoms with van der Waals surface area (Å²) in [6, 6.07) is 0.646. The van der Waals surface area contributed by atoms with Crippen molar-refractivity contribution in [3.63, 3.8) is 0 Å². The van der Waals surface area contributed by atoms with Crippen LogP contribution >= 0.6 is 11.3 Å². The zero-order valence-electron chi connectivity index (χ0n) is 51.2. The van der Waals surface area contributed by atoms with E-state index in [2.05, 4.69) is 5.32 Å². The van der Waals surface area contributed by atoms with Gasteiger partial charge in [-0.25, -0.2) is 69.6 Å². The fourth-order valence-corrected chi connectivity index (χ4v) is 12.2. The first-order valence-corrected chi connectivity index (χ1v) is 31.3. The summed E-state index contributed by atoms with van der Waals surface area (Å²) in [5, 5.41) is 3.15. The SMILES string of the molecule is CCCC(=O)O[C@@H](C)C(=O)O[C@@H](C)C(=O)O[C@@H](C)C(=O)O[C@@H](C)C(=O)O[C@@H](C)C(=O)O[C@@H](C)C(=O)O[C@@H](C)C(=O)O[C@@H](C)C(=O)O[C@@H](C)C(=O)O[C@@H](C)C(=O)O[C@@H](C)C(=O)O[C@@H](C)C(=O)CS(=O)(=O)c1cc2c(s1)S(=O)(=O)N(CCCOC)C[C@@H]2NCC. The van der Waals surface area contributed by atoms with E-state index in [1.807, 2.05) is 0 Å². The van der Waals surface area contributed by atoms with Gasteiger partial charge in [0.1, 0.15) is 14.2 Å². The molecular formula is C53H76N2O30S3. The van der Waals surface area contributed by atoms with Gasteiger partial charge in [-0.3, -0.25) is 9.59 Å². The average Bonchev–Trinajstić information content (AvgIpc) is 1.64. The van der Waals surface area contributed by atoms with Crippen molar-refractivity contribution >= 4 is 109 Å². The number of hydrogen-bond acceptors (Lipinski definition) is 32. The van der Waals surface area contributed by atoms with Crippen molar-refractivity contribution in [1.82, 2.24) is 9.62 Å². The van der Waals surface area contributed by atoms with Crippen molar-refractivity contribution in [2.24, 2.45) is 0 Å². The highest BCUT2D eigenvalue weighted by molar-refractivity contribution is 7.95. The number of Topliss-reactive ketones (excluding diaryl/α,β-unsaturated/α-hetero) is 1. The molecule has 0 bridgehead atoms. The highest BCUT2D eigenvalue weighted by Gasteiger charge is 2.42. The number of nitrogens with one attached hydrogen (secondary N) is 1.